The molecule has 1 unspecified atom stereocenters. The second kappa shape index (κ2) is 4.53. The van der Waals surface area contributed by atoms with Gasteiger partial charge in [0.15, 0.2) is 0 Å². The van der Waals surface area contributed by atoms with E-state index in [9.17, 15) is 0 Å². The predicted octanol–water partition coefficient (Wildman–Crippen LogP) is 5.29. The molecule has 0 aromatic heterocycles. The smallest absolute Gasteiger partial charge is 0.0290 e. The summed E-state index contributed by atoms with van der Waals surface area (Å²) in [5.41, 5.74) is 3.96. The Hall–Kier alpha value is -1.99. The minimum atomic E-state index is 0.294. The molecule has 4 rings (SSSR count). The van der Waals surface area contributed by atoms with Gasteiger partial charge in [-0.2, -0.15) is 0 Å². The third-order valence-electron chi connectivity index (χ3n) is 4.04. The summed E-state index contributed by atoms with van der Waals surface area (Å²) in [4.78, 5) is 1.05. The molecule has 0 saturated heterocycles. The second-order valence-corrected chi connectivity index (χ2v) is 5.67. The van der Waals surface area contributed by atoms with Crippen LogP contribution in [0.4, 0.5) is 0 Å². The number of hydrogen-bond acceptors (Lipinski definition) is 1. The van der Waals surface area contributed by atoms with E-state index in [1.54, 1.807) is 0 Å². The van der Waals surface area contributed by atoms with Crippen LogP contribution in [0.5, 0.6) is 0 Å². The van der Waals surface area contributed by atoms with Crippen LogP contribution in [-0.4, -0.2) is 0 Å². The maximum Gasteiger partial charge on any atom is 0.0290 e. The molecular formula is C19H14S. The molecule has 0 fully saturated rings. The van der Waals surface area contributed by atoms with E-state index in [0.29, 0.717) is 5.92 Å². The minimum absolute atomic E-state index is 0.294. The van der Waals surface area contributed by atoms with Crippen molar-refractivity contribution in [1.82, 2.24) is 0 Å². The van der Waals surface area contributed by atoms with Crippen LogP contribution in [0.25, 0.3) is 16.8 Å². The lowest BCUT2D eigenvalue weighted by Crippen LogP contribution is -2.04. The molecule has 0 amide bonds. The van der Waals surface area contributed by atoms with Crippen LogP contribution >= 0.6 is 12.6 Å². The minimum Gasteiger partial charge on any atom is -0.143 e. The van der Waals surface area contributed by atoms with Crippen molar-refractivity contribution in [3.8, 4) is 0 Å². The summed E-state index contributed by atoms with van der Waals surface area (Å²) in [7, 11) is 0. The van der Waals surface area contributed by atoms with Gasteiger partial charge in [-0.15, -0.1) is 12.6 Å². The van der Waals surface area contributed by atoms with Gasteiger partial charge < -0.3 is 0 Å². The fraction of sp³-hybridized carbons (Fsp3) is 0.0526. The Morgan fingerprint density at radius 2 is 1.50 bits per heavy atom. The molecule has 0 radical (unpaired) electrons. The Labute approximate surface area is 124 Å². The average Bonchev–Trinajstić information content (AvgIpc) is 2.49. The fourth-order valence-corrected chi connectivity index (χ4v) is 3.42. The first-order chi connectivity index (χ1) is 9.84. The van der Waals surface area contributed by atoms with E-state index in [1.807, 2.05) is 6.07 Å². The molecule has 0 heterocycles. The van der Waals surface area contributed by atoms with E-state index in [-0.39, 0.29) is 0 Å². The maximum atomic E-state index is 4.62. The highest BCUT2D eigenvalue weighted by Gasteiger charge is 2.20. The van der Waals surface area contributed by atoms with E-state index < -0.39 is 0 Å². The molecule has 0 aliphatic heterocycles. The standard InChI is InChI=1S/C19H14S/c20-18-10-2-1-8-16(18)15-12-11-14-6-3-5-13-7-4-9-17(15)19(13)14/h1-12,15,20H. The molecule has 0 spiro atoms. The molecule has 0 N–H and O–H groups in total. The molecule has 1 atom stereocenters. The molecule has 0 nitrogen and oxygen atoms in total. The Morgan fingerprint density at radius 3 is 2.35 bits per heavy atom. The Balaban J connectivity index is 2.01. The first kappa shape index (κ1) is 11.8. The summed E-state index contributed by atoms with van der Waals surface area (Å²) in [6, 6.07) is 21.4. The van der Waals surface area contributed by atoms with Crippen molar-refractivity contribution in [3.05, 3.63) is 83.4 Å². The van der Waals surface area contributed by atoms with Crippen molar-refractivity contribution < 1.29 is 0 Å². The van der Waals surface area contributed by atoms with E-state index in [2.05, 4.69) is 79.4 Å². The van der Waals surface area contributed by atoms with Gasteiger partial charge in [0.1, 0.15) is 0 Å². The summed E-state index contributed by atoms with van der Waals surface area (Å²) in [5.74, 6) is 0.294. The van der Waals surface area contributed by atoms with Crippen LogP contribution in [0.15, 0.2) is 71.6 Å². The number of thiol groups is 1. The highest BCUT2D eigenvalue weighted by molar-refractivity contribution is 7.80. The second-order valence-electron chi connectivity index (χ2n) is 5.19. The van der Waals surface area contributed by atoms with Crippen molar-refractivity contribution in [2.45, 2.75) is 10.8 Å². The van der Waals surface area contributed by atoms with Crippen LogP contribution in [0.2, 0.25) is 0 Å². The molecule has 3 aromatic carbocycles. The third kappa shape index (κ3) is 1.70. The zero-order chi connectivity index (χ0) is 13.5. The van der Waals surface area contributed by atoms with Crippen LogP contribution in [-0.2, 0) is 0 Å². The lowest BCUT2D eigenvalue weighted by atomic mass is 9.82. The number of hydrogen-bond donors (Lipinski definition) is 1. The topological polar surface area (TPSA) is 0 Å². The summed E-state index contributed by atoms with van der Waals surface area (Å²) >= 11 is 4.62. The molecule has 0 bridgehead atoms. The van der Waals surface area contributed by atoms with Gasteiger partial charge in [-0.3, -0.25) is 0 Å². The molecule has 1 heteroatoms. The predicted molar refractivity (Wildman–Crippen MR) is 88.5 cm³/mol. The first-order valence-electron chi connectivity index (χ1n) is 6.82. The molecule has 0 saturated carbocycles. The summed E-state index contributed by atoms with van der Waals surface area (Å²) in [6.07, 6.45) is 4.52. The lowest BCUT2D eigenvalue weighted by molar-refractivity contribution is 0.999. The fourth-order valence-electron chi connectivity index (χ4n) is 3.12. The van der Waals surface area contributed by atoms with Gasteiger partial charge in [0.25, 0.3) is 0 Å². The molecule has 1 aliphatic rings. The lowest BCUT2D eigenvalue weighted by Gasteiger charge is -2.22. The molecule has 1 aliphatic carbocycles. The van der Waals surface area contributed by atoms with Gasteiger partial charge in [0, 0.05) is 10.8 Å². The van der Waals surface area contributed by atoms with E-state index in [4.69, 9.17) is 0 Å². The largest absolute Gasteiger partial charge is 0.143 e. The van der Waals surface area contributed by atoms with Gasteiger partial charge in [0.2, 0.25) is 0 Å². The number of rotatable bonds is 1. The SMILES string of the molecule is Sc1ccccc1C1C=Cc2cccc3cccc1c23. The molecule has 96 valence electrons. The van der Waals surface area contributed by atoms with Crippen molar-refractivity contribution in [2.75, 3.05) is 0 Å². The van der Waals surface area contributed by atoms with Gasteiger partial charge in [-0.25, -0.2) is 0 Å². The quantitative estimate of drug-likeness (QED) is 0.573. The Morgan fingerprint density at radius 1 is 0.750 bits per heavy atom. The number of benzene rings is 3. The first-order valence-corrected chi connectivity index (χ1v) is 7.27. The highest BCUT2D eigenvalue weighted by atomic mass is 32.1. The molecule has 20 heavy (non-hydrogen) atoms. The third-order valence-corrected chi connectivity index (χ3v) is 4.45. The monoisotopic (exact) mass is 274 g/mol. The number of allylic oxidation sites excluding steroid dienone is 1. The van der Waals surface area contributed by atoms with Crippen molar-refractivity contribution in [1.29, 1.82) is 0 Å². The molecular weight excluding hydrogens is 260 g/mol. The zero-order valence-corrected chi connectivity index (χ0v) is 11.8. The van der Waals surface area contributed by atoms with Gasteiger partial charge >= 0.3 is 0 Å². The average molecular weight is 274 g/mol. The van der Waals surface area contributed by atoms with Crippen molar-refractivity contribution in [2.24, 2.45) is 0 Å². The van der Waals surface area contributed by atoms with Crippen LogP contribution in [0, 0.1) is 0 Å². The van der Waals surface area contributed by atoms with Crippen LogP contribution < -0.4 is 0 Å². The Bertz CT molecular complexity index is 825. The highest BCUT2D eigenvalue weighted by Crippen LogP contribution is 2.39. The Kier molecular flexibility index (Phi) is 2.68. The van der Waals surface area contributed by atoms with E-state index in [1.165, 1.54) is 27.5 Å². The van der Waals surface area contributed by atoms with Crippen molar-refractivity contribution in [3.63, 3.8) is 0 Å². The van der Waals surface area contributed by atoms with E-state index in [0.717, 1.165) is 4.90 Å². The van der Waals surface area contributed by atoms with Gasteiger partial charge in [0.05, 0.1) is 0 Å². The van der Waals surface area contributed by atoms with Crippen molar-refractivity contribution >= 4 is 29.5 Å². The zero-order valence-electron chi connectivity index (χ0n) is 11.0. The normalized spacial score (nSPS) is 16.6. The van der Waals surface area contributed by atoms with Gasteiger partial charge in [-0.05, 0) is 33.5 Å². The molecule has 3 aromatic rings. The van der Waals surface area contributed by atoms with E-state index >= 15 is 0 Å². The summed E-state index contributed by atoms with van der Waals surface area (Å²) in [5, 5.41) is 2.69. The van der Waals surface area contributed by atoms with Crippen LogP contribution in [0.3, 0.4) is 0 Å². The maximum absolute atomic E-state index is 4.62. The summed E-state index contributed by atoms with van der Waals surface area (Å²) < 4.78 is 0. The van der Waals surface area contributed by atoms with Gasteiger partial charge in [-0.1, -0.05) is 66.7 Å². The van der Waals surface area contributed by atoms with Crippen LogP contribution in [0.1, 0.15) is 22.6 Å². The summed E-state index contributed by atoms with van der Waals surface area (Å²) in [6.45, 7) is 0.